The largest absolute Gasteiger partial charge is 0.571 e. The smallest absolute Gasteiger partial charge is 0.473 e. The predicted molar refractivity (Wildman–Crippen MR) is 119 cm³/mol. The van der Waals surface area contributed by atoms with E-state index in [-0.39, 0.29) is 25.0 Å². The molecule has 0 unspecified atom stereocenters. The van der Waals surface area contributed by atoms with E-state index in [0.29, 0.717) is 34.9 Å². The Labute approximate surface area is 194 Å². The first-order valence-corrected chi connectivity index (χ1v) is 11.6. The van der Waals surface area contributed by atoms with Gasteiger partial charge in [0.2, 0.25) is 12.6 Å². The van der Waals surface area contributed by atoms with Crippen LogP contribution in [0.15, 0.2) is 71.5 Å². The highest BCUT2D eigenvalue weighted by molar-refractivity contribution is 7.53. The minimum Gasteiger partial charge on any atom is -0.473 e. The lowest BCUT2D eigenvalue weighted by Gasteiger charge is -2.06. The molecule has 5 N–H and O–H groups in total. The van der Waals surface area contributed by atoms with E-state index in [2.05, 4.69) is 14.7 Å². The molecule has 0 saturated heterocycles. The van der Waals surface area contributed by atoms with Gasteiger partial charge in [0.15, 0.2) is 5.76 Å². The summed E-state index contributed by atoms with van der Waals surface area (Å²) in [4.78, 5) is 31.3. The number of rotatable bonds is 9. The lowest BCUT2D eigenvalue weighted by Crippen LogP contribution is -2.38. The molecule has 10 nitrogen and oxygen atoms in total. The second-order valence-electron chi connectivity index (χ2n) is 7.33. The Morgan fingerprint density at radius 1 is 1.06 bits per heavy atom. The number of pyridine rings is 2. The van der Waals surface area contributed by atoms with Crippen molar-refractivity contribution in [2.45, 2.75) is 19.8 Å². The zero-order valence-corrected chi connectivity index (χ0v) is 18.7. The summed E-state index contributed by atoms with van der Waals surface area (Å²) in [6.07, 6.45) is 3.66. The second-order valence-corrected chi connectivity index (χ2v) is 8.62. The summed E-state index contributed by atoms with van der Waals surface area (Å²) < 4.78 is 30.3. The van der Waals surface area contributed by atoms with Gasteiger partial charge in [0.25, 0.3) is 5.82 Å². The summed E-state index contributed by atoms with van der Waals surface area (Å²) in [5.41, 5.74) is 8.86. The Morgan fingerprint density at radius 2 is 1.91 bits per heavy atom. The van der Waals surface area contributed by atoms with Gasteiger partial charge in [0, 0.05) is 24.8 Å². The third-order valence-electron chi connectivity index (χ3n) is 4.77. The molecule has 1 aromatic carbocycles. The van der Waals surface area contributed by atoms with Crippen LogP contribution in [-0.4, -0.2) is 24.8 Å². The maximum atomic E-state index is 13.3. The third-order valence-corrected chi connectivity index (χ3v) is 5.23. The Kier molecular flexibility index (Phi) is 7.11. The number of hydrogen-bond acceptors (Lipinski definition) is 9. The number of nitrogens with zero attached hydrogens (tertiary/aromatic N) is 3. The summed E-state index contributed by atoms with van der Waals surface area (Å²) in [5.74, 6) is 0.724. The molecule has 12 heteroatoms. The van der Waals surface area contributed by atoms with Gasteiger partial charge in [-0.25, -0.2) is 13.9 Å². The highest BCUT2D eigenvalue weighted by atomic mass is 31.2. The van der Waals surface area contributed by atoms with Gasteiger partial charge in [-0.2, -0.15) is 14.7 Å². The van der Waals surface area contributed by atoms with E-state index >= 15 is 0 Å². The molecule has 3 heterocycles. The Bertz CT molecular complexity index is 1260. The molecule has 0 saturated carbocycles. The van der Waals surface area contributed by atoms with Gasteiger partial charge in [-0.15, -0.1) is 4.52 Å². The van der Waals surface area contributed by atoms with E-state index < -0.39 is 8.17 Å². The standard InChI is InChI=1S/C22H21FN4O6P/c23-17-4-1-3-16(9-17)13-31-21-7-6-15(12-25-21)10-18-11-20(33-26-18)19-5-2-8-27(22(19)24)14-32-34(28,29)30/h1-9,11-12,24,28-30H,10,13-14H2/q+1/p+1. The van der Waals surface area contributed by atoms with Crippen molar-refractivity contribution in [2.75, 3.05) is 5.73 Å². The van der Waals surface area contributed by atoms with E-state index in [1.165, 1.54) is 16.7 Å². The first-order valence-electron chi connectivity index (χ1n) is 10.0. The molecule has 0 aliphatic carbocycles. The number of nitrogen functional groups attached to an aromatic ring is 1. The molecule has 0 radical (unpaired) electrons. The first-order chi connectivity index (χ1) is 16.3. The van der Waals surface area contributed by atoms with Crippen molar-refractivity contribution in [3.05, 3.63) is 89.6 Å². The maximum absolute atomic E-state index is 13.3. The van der Waals surface area contributed by atoms with E-state index in [9.17, 15) is 4.39 Å². The normalized spacial score (nSPS) is 11.5. The van der Waals surface area contributed by atoms with E-state index in [4.69, 9.17) is 29.7 Å². The Hall–Kier alpha value is -3.47. The van der Waals surface area contributed by atoms with Crippen molar-refractivity contribution in [2.24, 2.45) is 0 Å². The van der Waals surface area contributed by atoms with Gasteiger partial charge >= 0.3 is 8.17 Å². The van der Waals surface area contributed by atoms with E-state index in [1.54, 1.807) is 48.8 Å². The molecular weight excluding hydrogens is 466 g/mol. The lowest BCUT2D eigenvalue weighted by molar-refractivity contribution is -0.712. The van der Waals surface area contributed by atoms with E-state index in [1.807, 2.05) is 6.07 Å². The molecule has 0 aliphatic rings. The quantitative estimate of drug-likeness (QED) is 0.206. The number of anilines is 1. The molecule has 0 atom stereocenters. The Morgan fingerprint density at radius 3 is 2.65 bits per heavy atom. The van der Waals surface area contributed by atoms with Crippen molar-refractivity contribution in [1.82, 2.24) is 10.1 Å². The van der Waals surface area contributed by atoms with E-state index in [0.717, 1.165) is 5.56 Å². The van der Waals surface area contributed by atoms with Gasteiger partial charge in [0.05, 0.1) is 11.9 Å². The van der Waals surface area contributed by atoms with Crippen molar-refractivity contribution >= 4 is 14.0 Å². The molecule has 0 fully saturated rings. The second kappa shape index (κ2) is 10.2. The molecule has 34 heavy (non-hydrogen) atoms. The van der Waals surface area contributed by atoms with Gasteiger partial charge in [-0.3, -0.25) is 5.73 Å². The SMILES string of the molecule is Nc1c(-c2cc(Cc3ccc(OCc4cccc(F)c4)nc3)no2)ccc[n+]1CO[P+](O)(O)O. The number of halogens is 1. The van der Waals surface area contributed by atoms with Gasteiger partial charge in [0.1, 0.15) is 18.0 Å². The van der Waals surface area contributed by atoms with Crippen molar-refractivity contribution in [3.63, 3.8) is 0 Å². The minimum absolute atomic E-state index is 0.206. The summed E-state index contributed by atoms with van der Waals surface area (Å²) in [6.45, 7) is -0.158. The van der Waals surface area contributed by atoms with Crippen molar-refractivity contribution in [1.29, 1.82) is 0 Å². The molecule has 0 bridgehead atoms. The average Bonchev–Trinajstić information content (AvgIpc) is 3.25. The van der Waals surface area contributed by atoms with Crippen LogP contribution in [0.5, 0.6) is 5.88 Å². The van der Waals surface area contributed by atoms with Crippen LogP contribution in [0.1, 0.15) is 16.8 Å². The highest BCUT2D eigenvalue weighted by Crippen LogP contribution is 2.45. The van der Waals surface area contributed by atoms with Gasteiger partial charge in [-0.1, -0.05) is 23.4 Å². The molecular formula is C22H22FN4O6P+2. The van der Waals surface area contributed by atoms with Crippen LogP contribution in [0.2, 0.25) is 0 Å². The molecule has 0 amide bonds. The number of aromatic nitrogens is 3. The van der Waals surface area contributed by atoms with Crippen LogP contribution in [0.25, 0.3) is 11.3 Å². The van der Waals surface area contributed by atoms with Crippen LogP contribution in [-0.2, 0) is 24.3 Å². The molecule has 176 valence electrons. The topological polar surface area (TPSA) is 148 Å². The molecule has 0 aliphatic heterocycles. The summed E-state index contributed by atoms with van der Waals surface area (Å²) in [6, 6.07) is 14.8. The molecule has 3 aromatic heterocycles. The fraction of sp³-hybridized carbons (Fsp3) is 0.136. The zero-order chi connectivity index (χ0) is 24.1. The molecule has 0 spiro atoms. The Balaban J connectivity index is 1.39. The zero-order valence-electron chi connectivity index (χ0n) is 17.8. The number of nitrogens with two attached hydrogens (primary N) is 1. The molecule has 4 aromatic rings. The third kappa shape index (κ3) is 6.31. The predicted octanol–water partition coefficient (Wildman–Crippen LogP) is 2.54. The monoisotopic (exact) mass is 488 g/mol. The number of ether oxygens (including phenoxy) is 1. The number of hydrogen-bond donors (Lipinski definition) is 4. The van der Waals surface area contributed by atoms with Crippen LogP contribution in [0, 0.1) is 5.82 Å². The van der Waals surface area contributed by atoms with Crippen molar-refractivity contribution < 1.29 is 37.4 Å². The summed E-state index contributed by atoms with van der Waals surface area (Å²) in [7, 11) is -4.39. The van der Waals surface area contributed by atoms with Crippen LogP contribution < -0.4 is 15.0 Å². The highest BCUT2D eigenvalue weighted by Gasteiger charge is 2.34. The average molecular weight is 488 g/mol. The van der Waals surface area contributed by atoms with Gasteiger partial charge in [-0.05, 0) is 35.4 Å². The fourth-order valence-electron chi connectivity index (χ4n) is 3.14. The lowest BCUT2D eigenvalue weighted by atomic mass is 10.1. The minimum atomic E-state index is -4.39. The van der Waals surface area contributed by atoms with Crippen LogP contribution >= 0.6 is 8.17 Å². The fourth-order valence-corrected chi connectivity index (χ4v) is 3.42. The van der Waals surface area contributed by atoms with Crippen LogP contribution in [0.4, 0.5) is 10.2 Å². The summed E-state index contributed by atoms with van der Waals surface area (Å²) in [5, 5.41) is 4.07. The van der Waals surface area contributed by atoms with Crippen molar-refractivity contribution in [3.8, 4) is 17.2 Å². The first kappa shape index (κ1) is 23.7. The number of benzene rings is 1. The maximum Gasteiger partial charge on any atom is 0.571 e. The van der Waals surface area contributed by atoms with Gasteiger partial charge < -0.3 is 9.26 Å². The van der Waals surface area contributed by atoms with Crippen LogP contribution in [0.3, 0.4) is 0 Å². The molecule has 4 rings (SSSR count). The summed E-state index contributed by atoms with van der Waals surface area (Å²) >= 11 is 0.